The Morgan fingerprint density at radius 2 is 1.88 bits per heavy atom. The van der Waals surface area contributed by atoms with Gasteiger partial charge < -0.3 is 0 Å². The Labute approximate surface area is 139 Å². The molecule has 0 aliphatic heterocycles. The molecule has 8 heteroatoms. The number of nitrogens with one attached hydrogen (secondary N) is 1. The highest BCUT2D eigenvalue weighted by Gasteiger charge is 2.30. The van der Waals surface area contributed by atoms with Crippen LogP contribution in [-0.4, -0.2) is 15.4 Å². The molecule has 120 valence electrons. The molecule has 0 atom stereocenters. The van der Waals surface area contributed by atoms with Crippen molar-refractivity contribution < 1.29 is 13.2 Å². The maximum absolute atomic E-state index is 12.9. The number of halogens is 4. The molecule has 0 bridgehead atoms. The van der Waals surface area contributed by atoms with Gasteiger partial charge in [0.25, 0.3) is 0 Å². The summed E-state index contributed by atoms with van der Waals surface area (Å²) >= 11 is 6.00. The molecule has 0 radical (unpaired) electrons. The summed E-state index contributed by atoms with van der Waals surface area (Å²) in [6.45, 7) is 0. The van der Waals surface area contributed by atoms with E-state index in [1.807, 2.05) is 6.07 Å². The van der Waals surface area contributed by atoms with Crippen molar-refractivity contribution in [2.75, 3.05) is 0 Å². The van der Waals surface area contributed by atoms with Crippen LogP contribution in [-0.2, 0) is 6.18 Å². The standard InChI is InChI=1S/C16H8ClF3N4/c17-11-4-5-12(9-2-1-3-10(6-9)16(18,19)20)13(7-11)15-14(8-21)22-24-23-15/h1-7H,(H,22,23,24). The van der Waals surface area contributed by atoms with Crippen molar-refractivity contribution in [1.82, 2.24) is 15.4 Å². The normalized spacial score (nSPS) is 11.3. The zero-order valence-corrected chi connectivity index (χ0v) is 12.7. The van der Waals surface area contributed by atoms with E-state index < -0.39 is 11.7 Å². The summed E-state index contributed by atoms with van der Waals surface area (Å²) in [5, 5.41) is 19.3. The predicted octanol–water partition coefficient (Wildman–Crippen LogP) is 4.68. The first-order valence-corrected chi connectivity index (χ1v) is 7.06. The number of rotatable bonds is 2. The smallest absolute Gasteiger partial charge is 0.247 e. The van der Waals surface area contributed by atoms with Crippen molar-refractivity contribution >= 4 is 11.6 Å². The van der Waals surface area contributed by atoms with E-state index in [0.717, 1.165) is 12.1 Å². The summed E-state index contributed by atoms with van der Waals surface area (Å²) in [5.74, 6) is 0. The Balaban J connectivity index is 2.22. The van der Waals surface area contributed by atoms with Crippen LogP contribution in [0, 0.1) is 11.3 Å². The number of nitrogens with zero attached hydrogens (tertiary/aromatic N) is 3. The van der Waals surface area contributed by atoms with Gasteiger partial charge in [-0.3, -0.25) is 0 Å². The van der Waals surface area contributed by atoms with E-state index in [1.165, 1.54) is 12.1 Å². The van der Waals surface area contributed by atoms with Gasteiger partial charge in [-0.25, -0.2) is 5.10 Å². The number of hydrogen-bond acceptors (Lipinski definition) is 3. The third-order valence-corrected chi connectivity index (χ3v) is 3.63. The van der Waals surface area contributed by atoms with Gasteiger partial charge in [0, 0.05) is 10.6 Å². The second-order valence-corrected chi connectivity index (χ2v) is 5.35. The molecule has 3 aromatic rings. The van der Waals surface area contributed by atoms with Crippen molar-refractivity contribution in [1.29, 1.82) is 5.26 Å². The van der Waals surface area contributed by atoms with Crippen LogP contribution in [0.25, 0.3) is 22.4 Å². The SMILES string of the molecule is N#Cc1[nH]nnc1-c1cc(Cl)ccc1-c1cccc(C(F)(F)F)c1. The molecule has 0 spiro atoms. The van der Waals surface area contributed by atoms with Gasteiger partial charge >= 0.3 is 6.18 Å². The summed E-state index contributed by atoms with van der Waals surface area (Å²) in [6.07, 6.45) is -4.45. The van der Waals surface area contributed by atoms with E-state index >= 15 is 0 Å². The van der Waals surface area contributed by atoms with Crippen LogP contribution < -0.4 is 0 Å². The van der Waals surface area contributed by atoms with Crippen molar-refractivity contribution in [2.45, 2.75) is 6.18 Å². The van der Waals surface area contributed by atoms with Crippen molar-refractivity contribution in [2.24, 2.45) is 0 Å². The highest BCUT2D eigenvalue weighted by Crippen LogP contribution is 2.37. The lowest BCUT2D eigenvalue weighted by Gasteiger charge is -2.12. The van der Waals surface area contributed by atoms with Gasteiger partial charge in [-0.2, -0.15) is 18.4 Å². The van der Waals surface area contributed by atoms with E-state index in [4.69, 9.17) is 16.9 Å². The molecule has 1 N–H and O–H groups in total. The number of benzene rings is 2. The fraction of sp³-hybridized carbons (Fsp3) is 0.0625. The quantitative estimate of drug-likeness (QED) is 0.731. The molecule has 0 saturated heterocycles. The molecule has 0 saturated carbocycles. The van der Waals surface area contributed by atoms with Gasteiger partial charge in [-0.1, -0.05) is 35.0 Å². The lowest BCUT2D eigenvalue weighted by Crippen LogP contribution is -2.04. The number of aromatic nitrogens is 3. The Hall–Kier alpha value is -2.85. The molecule has 1 heterocycles. The van der Waals surface area contributed by atoms with Crippen molar-refractivity contribution in [3.63, 3.8) is 0 Å². The molecule has 4 nitrogen and oxygen atoms in total. The molecule has 3 rings (SSSR count). The first kappa shape index (κ1) is 16.0. The highest BCUT2D eigenvalue weighted by molar-refractivity contribution is 6.31. The number of aromatic amines is 1. The van der Waals surface area contributed by atoms with E-state index in [1.54, 1.807) is 18.2 Å². The fourth-order valence-corrected chi connectivity index (χ4v) is 2.49. The van der Waals surface area contributed by atoms with Crippen LogP contribution in [0.15, 0.2) is 42.5 Å². The lowest BCUT2D eigenvalue weighted by molar-refractivity contribution is -0.137. The molecule has 0 aliphatic rings. The summed E-state index contributed by atoms with van der Waals surface area (Å²) in [4.78, 5) is 0. The topological polar surface area (TPSA) is 65.4 Å². The van der Waals surface area contributed by atoms with Crippen LogP contribution in [0.1, 0.15) is 11.3 Å². The Kier molecular flexibility index (Phi) is 3.99. The molecular formula is C16H8ClF3N4. The zero-order valence-electron chi connectivity index (χ0n) is 11.9. The molecular weight excluding hydrogens is 341 g/mol. The Morgan fingerprint density at radius 1 is 1.08 bits per heavy atom. The van der Waals surface area contributed by atoms with Crippen LogP contribution in [0.5, 0.6) is 0 Å². The number of nitriles is 1. The second-order valence-electron chi connectivity index (χ2n) is 4.92. The minimum atomic E-state index is -4.45. The second kappa shape index (κ2) is 5.98. The van der Waals surface area contributed by atoms with E-state index in [-0.39, 0.29) is 11.4 Å². The first-order valence-electron chi connectivity index (χ1n) is 6.69. The van der Waals surface area contributed by atoms with Gasteiger partial charge in [0.1, 0.15) is 11.8 Å². The summed E-state index contributed by atoms with van der Waals surface area (Å²) in [7, 11) is 0. The van der Waals surface area contributed by atoms with Gasteiger partial charge in [-0.15, -0.1) is 5.10 Å². The molecule has 0 aliphatic carbocycles. The maximum atomic E-state index is 12.9. The monoisotopic (exact) mass is 348 g/mol. The number of H-pyrrole nitrogens is 1. The average molecular weight is 349 g/mol. The van der Waals surface area contributed by atoms with Crippen LogP contribution in [0.2, 0.25) is 5.02 Å². The van der Waals surface area contributed by atoms with Gasteiger partial charge in [0.2, 0.25) is 0 Å². The summed E-state index contributed by atoms with van der Waals surface area (Å²) in [5.41, 5.74) is 0.797. The predicted molar refractivity (Wildman–Crippen MR) is 82.0 cm³/mol. The average Bonchev–Trinajstić information content (AvgIpc) is 3.02. The highest BCUT2D eigenvalue weighted by atomic mass is 35.5. The molecule has 0 unspecified atom stereocenters. The van der Waals surface area contributed by atoms with Crippen LogP contribution >= 0.6 is 11.6 Å². The first-order chi connectivity index (χ1) is 11.4. The Morgan fingerprint density at radius 3 is 2.58 bits per heavy atom. The molecule has 0 amide bonds. The van der Waals surface area contributed by atoms with E-state index in [0.29, 0.717) is 21.7 Å². The van der Waals surface area contributed by atoms with E-state index in [9.17, 15) is 13.2 Å². The number of alkyl halides is 3. The lowest BCUT2D eigenvalue weighted by atomic mass is 9.95. The Bertz CT molecular complexity index is 941. The molecule has 2 aromatic carbocycles. The largest absolute Gasteiger partial charge is 0.416 e. The van der Waals surface area contributed by atoms with Gasteiger partial charge in [0.15, 0.2) is 5.69 Å². The summed E-state index contributed by atoms with van der Waals surface area (Å²) < 4.78 is 38.8. The minimum absolute atomic E-state index is 0.102. The third kappa shape index (κ3) is 2.96. The van der Waals surface area contributed by atoms with Crippen LogP contribution in [0.4, 0.5) is 13.2 Å². The van der Waals surface area contributed by atoms with Gasteiger partial charge in [-0.05, 0) is 35.4 Å². The minimum Gasteiger partial charge on any atom is -0.247 e. The zero-order chi connectivity index (χ0) is 17.3. The third-order valence-electron chi connectivity index (χ3n) is 3.40. The molecule has 1 aromatic heterocycles. The maximum Gasteiger partial charge on any atom is 0.416 e. The van der Waals surface area contributed by atoms with Crippen LogP contribution in [0.3, 0.4) is 0 Å². The van der Waals surface area contributed by atoms with Gasteiger partial charge in [0.05, 0.1) is 5.56 Å². The summed E-state index contributed by atoms with van der Waals surface area (Å²) in [6, 6.07) is 11.5. The fourth-order valence-electron chi connectivity index (χ4n) is 2.32. The molecule has 0 fully saturated rings. The van der Waals surface area contributed by atoms with Crippen molar-refractivity contribution in [3.8, 4) is 28.5 Å². The van der Waals surface area contributed by atoms with Crippen molar-refractivity contribution in [3.05, 3.63) is 58.7 Å². The molecule has 24 heavy (non-hydrogen) atoms. The number of hydrogen-bond donors (Lipinski definition) is 1. The van der Waals surface area contributed by atoms with E-state index in [2.05, 4.69) is 15.4 Å².